The lowest BCUT2D eigenvalue weighted by Crippen LogP contribution is -2.52. The second-order valence-electron chi connectivity index (χ2n) is 5.42. The van der Waals surface area contributed by atoms with Crippen LogP contribution in [-0.2, 0) is 16.0 Å². The minimum atomic E-state index is -0.844. The minimum absolute atomic E-state index is 0.0257. The van der Waals surface area contributed by atoms with E-state index in [9.17, 15) is 9.59 Å². The van der Waals surface area contributed by atoms with Gasteiger partial charge in [-0.1, -0.05) is 18.2 Å². The fourth-order valence-electron chi connectivity index (χ4n) is 2.96. The molecule has 1 amide bonds. The van der Waals surface area contributed by atoms with E-state index in [1.165, 1.54) is 0 Å². The Hall–Kier alpha value is -1.69. The van der Waals surface area contributed by atoms with E-state index in [-0.39, 0.29) is 24.4 Å². The Kier molecular flexibility index (Phi) is 4.05. The molecule has 1 fully saturated rings. The Balaban J connectivity index is 1.71. The van der Waals surface area contributed by atoms with Crippen molar-refractivity contribution in [3.8, 4) is 0 Å². The van der Waals surface area contributed by atoms with Gasteiger partial charge in [0.05, 0.1) is 12.5 Å². The molecule has 21 heavy (non-hydrogen) atoms. The molecule has 1 aromatic carbocycles. The maximum atomic E-state index is 12.7. The molecule has 2 atom stereocenters. The molecule has 5 nitrogen and oxygen atoms in total. The minimum Gasteiger partial charge on any atom is -0.481 e. The predicted molar refractivity (Wildman–Crippen MR) is 82.6 cm³/mol. The molecule has 0 aliphatic carbocycles. The van der Waals surface area contributed by atoms with Crippen LogP contribution >= 0.6 is 11.8 Å². The molecule has 2 N–H and O–H groups in total. The molecule has 112 valence electrons. The quantitative estimate of drug-likeness (QED) is 0.884. The topological polar surface area (TPSA) is 69.6 Å². The molecule has 1 saturated heterocycles. The second-order valence-corrected chi connectivity index (χ2v) is 6.57. The lowest BCUT2D eigenvalue weighted by Gasteiger charge is -2.36. The Morgan fingerprint density at radius 1 is 1.38 bits per heavy atom. The van der Waals surface area contributed by atoms with Crippen LogP contribution in [-0.4, -0.2) is 52.0 Å². The molecule has 0 radical (unpaired) electrons. The molecule has 1 aromatic rings. The van der Waals surface area contributed by atoms with Crippen molar-refractivity contribution < 1.29 is 14.7 Å². The third-order valence-electron chi connectivity index (χ3n) is 3.99. The summed E-state index contributed by atoms with van der Waals surface area (Å²) >= 11 is 1.72. The summed E-state index contributed by atoms with van der Waals surface area (Å²) in [6.07, 6.45) is 0.705. The van der Waals surface area contributed by atoms with E-state index in [2.05, 4.69) is 5.32 Å². The van der Waals surface area contributed by atoms with Gasteiger partial charge in [-0.3, -0.25) is 9.59 Å². The molecule has 0 aromatic heterocycles. The Labute approximate surface area is 127 Å². The third kappa shape index (κ3) is 3.00. The molecule has 3 rings (SSSR count). The number of benzene rings is 1. The van der Waals surface area contributed by atoms with E-state index in [0.717, 1.165) is 17.0 Å². The number of anilines is 1. The van der Waals surface area contributed by atoms with Crippen molar-refractivity contribution in [2.75, 3.05) is 23.4 Å². The number of amides is 1. The maximum absolute atomic E-state index is 12.7. The van der Waals surface area contributed by atoms with E-state index in [4.69, 9.17) is 5.11 Å². The first-order chi connectivity index (χ1) is 10.1. The molecule has 1 unspecified atom stereocenters. The first-order valence-electron chi connectivity index (χ1n) is 7.09. The number of para-hydroxylation sites is 1. The summed E-state index contributed by atoms with van der Waals surface area (Å²) in [5.41, 5.74) is 2.16. The molecule has 2 heterocycles. The van der Waals surface area contributed by atoms with Crippen LogP contribution < -0.4 is 5.32 Å². The standard InChI is InChI=1S/C15H18N2O3S/c18-14(19)8-11-9-21-6-5-17(11)15(20)13-7-10-3-1-2-4-12(10)16-13/h1-4,11,13,16H,5-9H2,(H,18,19)/t11?,13-/m0/s1. The van der Waals surface area contributed by atoms with Crippen LogP contribution in [0, 0.1) is 0 Å². The van der Waals surface area contributed by atoms with Gasteiger partial charge in [0.2, 0.25) is 5.91 Å². The van der Waals surface area contributed by atoms with Crippen LogP contribution in [0.4, 0.5) is 5.69 Å². The van der Waals surface area contributed by atoms with Crippen molar-refractivity contribution in [2.24, 2.45) is 0 Å². The summed E-state index contributed by atoms with van der Waals surface area (Å²) in [7, 11) is 0. The maximum Gasteiger partial charge on any atom is 0.305 e. The van der Waals surface area contributed by atoms with Gasteiger partial charge in [0.15, 0.2) is 0 Å². The van der Waals surface area contributed by atoms with E-state index >= 15 is 0 Å². The summed E-state index contributed by atoms with van der Waals surface area (Å²) in [4.78, 5) is 25.5. The summed E-state index contributed by atoms with van der Waals surface area (Å²) in [6, 6.07) is 7.46. The van der Waals surface area contributed by atoms with E-state index in [1.807, 2.05) is 24.3 Å². The highest BCUT2D eigenvalue weighted by atomic mass is 32.2. The second kappa shape index (κ2) is 5.97. The van der Waals surface area contributed by atoms with E-state index < -0.39 is 5.97 Å². The number of fused-ring (bicyclic) bond motifs is 1. The first-order valence-corrected chi connectivity index (χ1v) is 8.25. The molecule has 0 spiro atoms. The first kappa shape index (κ1) is 14.3. The van der Waals surface area contributed by atoms with Gasteiger partial charge in [0.25, 0.3) is 0 Å². The Morgan fingerprint density at radius 2 is 2.19 bits per heavy atom. The van der Waals surface area contributed by atoms with Crippen LogP contribution in [0.5, 0.6) is 0 Å². The number of carboxylic acid groups (broad SMARTS) is 1. The zero-order valence-electron chi connectivity index (χ0n) is 11.6. The highest BCUT2D eigenvalue weighted by Gasteiger charge is 2.35. The summed E-state index contributed by atoms with van der Waals surface area (Å²) < 4.78 is 0. The van der Waals surface area contributed by atoms with E-state index in [1.54, 1.807) is 16.7 Å². The monoisotopic (exact) mass is 306 g/mol. The largest absolute Gasteiger partial charge is 0.481 e. The molecule has 0 bridgehead atoms. The number of carboxylic acids is 1. The number of nitrogens with one attached hydrogen (secondary N) is 1. The van der Waals surface area contributed by atoms with Gasteiger partial charge in [0.1, 0.15) is 6.04 Å². The highest BCUT2D eigenvalue weighted by molar-refractivity contribution is 7.99. The van der Waals surface area contributed by atoms with Gasteiger partial charge >= 0.3 is 5.97 Å². The number of aliphatic carboxylic acids is 1. The smallest absolute Gasteiger partial charge is 0.305 e. The van der Waals surface area contributed by atoms with Gasteiger partial charge in [-0.15, -0.1) is 0 Å². The van der Waals surface area contributed by atoms with E-state index in [0.29, 0.717) is 18.7 Å². The molecule has 6 heteroatoms. The van der Waals surface area contributed by atoms with Crippen LogP contribution in [0.25, 0.3) is 0 Å². The van der Waals surface area contributed by atoms with Crippen molar-refractivity contribution in [1.29, 1.82) is 0 Å². The third-order valence-corrected chi connectivity index (χ3v) is 5.08. The summed E-state index contributed by atoms with van der Waals surface area (Å²) in [5.74, 6) is 0.764. The number of carbonyl (C=O) groups is 2. The average Bonchev–Trinajstić information content (AvgIpc) is 2.90. The number of nitrogens with zero attached hydrogens (tertiary/aromatic N) is 1. The van der Waals surface area contributed by atoms with Crippen molar-refractivity contribution in [2.45, 2.75) is 24.9 Å². The Morgan fingerprint density at radius 3 is 2.95 bits per heavy atom. The fourth-order valence-corrected chi connectivity index (χ4v) is 4.02. The summed E-state index contributed by atoms with van der Waals surface area (Å²) in [5, 5.41) is 12.3. The zero-order chi connectivity index (χ0) is 14.8. The SMILES string of the molecule is O=C(O)CC1CSCCN1C(=O)[C@@H]1Cc2ccccc2N1. The van der Waals surface area contributed by atoms with Gasteiger partial charge in [-0.2, -0.15) is 11.8 Å². The van der Waals surface area contributed by atoms with Gasteiger partial charge in [-0.25, -0.2) is 0 Å². The normalized spacial score (nSPS) is 24.3. The van der Waals surface area contributed by atoms with Gasteiger partial charge in [0, 0.05) is 30.2 Å². The molecule has 2 aliphatic heterocycles. The van der Waals surface area contributed by atoms with Crippen LogP contribution in [0.1, 0.15) is 12.0 Å². The molecule has 0 saturated carbocycles. The van der Waals surface area contributed by atoms with Crippen molar-refractivity contribution in [3.05, 3.63) is 29.8 Å². The van der Waals surface area contributed by atoms with Crippen LogP contribution in [0.2, 0.25) is 0 Å². The number of carbonyl (C=O) groups excluding carboxylic acids is 1. The number of hydrogen-bond donors (Lipinski definition) is 2. The highest BCUT2D eigenvalue weighted by Crippen LogP contribution is 2.28. The van der Waals surface area contributed by atoms with Crippen molar-refractivity contribution in [1.82, 2.24) is 4.90 Å². The summed E-state index contributed by atoms with van der Waals surface area (Å²) in [6.45, 7) is 0.635. The van der Waals surface area contributed by atoms with Gasteiger partial charge < -0.3 is 15.3 Å². The van der Waals surface area contributed by atoms with Crippen LogP contribution in [0.15, 0.2) is 24.3 Å². The predicted octanol–water partition coefficient (Wildman–Crippen LogP) is 1.44. The van der Waals surface area contributed by atoms with Crippen molar-refractivity contribution >= 4 is 29.3 Å². The lowest BCUT2D eigenvalue weighted by atomic mass is 10.1. The lowest BCUT2D eigenvalue weighted by molar-refractivity contribution is -0.140. The average molecular weight is 306 g/mol. The Bertz CT molecular complexity index is 539. The number of hydrogen-bond acceptors (Lipinski definition) is 4. The fraction of sp³-hybridized carbons (Fsp3) is 0.467. The van der Waals surface area contributed by atoms with Crippen LogP contribution in [0.3, 0.4) is 0 Å². The zero-order valence-corrected chi connectivity index (χ0v) is 12.4. The molecular formula is C15H18N2O3S. The molecular weight excluding hydrogens is 288 g/mol. The van der Waals surface area contributed by atoms with Crippen molar-refractivity contribution in [3.63, 3.8) is 0 Å². The van der Waals surface area contributed by atoms with Gasteiger partial charge in [-0.05, 0) is 11.6 Å². The number of thioether (sulfide) groups is 1. The molecule has 2 aliphatic rings. The number of rotatable bonds is 3.